The van der Waals surface area contributed by atoms with Crippen molar-refractivity contribution in [3.05, 3.63) is 65.7 Å². The molecule has 0 atom stereocenters. The zero-order chi connectivity index (χ0) is 20.6. The lowest BCUT2D eigenvalue weighted by Crippen LogP contribution is -2.46. The normalized spacial score (nSPS) is 14.5. The van der Waals surface area contributed by atoms with Crippen molar-refractivity contribution < 1.29 is 14.3 Å². The monoisotopic (exact) mass is 395 g/mol. The number of nitrogens with zero attached hydrogens (tertiary/aromatic N) is 2. The summed E-state index contributed by atoms with van der Waals surface area (Å²) in [6, 6.07) is 17.6. The van der Waals surface area contributed by atoms with Crippen LogP contribution in [0.2, 0.25) is 0 Å². The van der Waals surface area contributed by atoms with Crippen LogP contribution in [0.3, 0.4) is 0 Å². The summed E-state index contributed by atoms with van der Waals surface area (Å²) < 4.78 is 5.10. The highest BCUT2D eigenvalue weighted by Crippen LogP contribution is 2.21. The summed E-state index contributed by atoms with van der Waals surface area (Å²) in [5.74, 6) is -0.0497. The summed E-state index contributed by atoms with van der Waals surface area (Å²) in [7, 11) is 3.48. The molecule has 0 spiro atoms. The van der Waals surface area contributed by atoms with E-state index in [1.165, 1.54) is 0 Å². The van der Waals surface area contributed by atoms with E-state index in [0.717, 1.165) is 16.8 Å². The third-order valence-corrected chi connectivity index (χ3v) is 5.26. The predicted octanol–water partition coefficient (Wildman–Crippen LogP) is 3.74. The van der Waals surface area contributed by atoms with Crippen LogP contribution < -0.4 is 5.32 Å². The maximum absolute atomic E-state index is 12.7. The van der Waals surface area contributed by atoms with Crippen LogP contribution >= 0.6 is 0 Å². The molecular formula is C23H29N3O3. The fourth-order valence-corrected chi connectivity index (χ4v) is 3.59. The number of methoxy groups -OCH3 is 1. The second-order valence-corrected chi connectivity index (χ2v) is 7.50. The lowest BCUT2D eigenvalue weighted by Gasteiger charge is -2.34. The first kappa shape index (κ1) is 20.9. The van der Waals surface area contributed by atoms with Crippen LogP contribution in [0.4, 0.5) is 10.5 Å². The molecule has 29 heavy (non-hydrogen) atoms. The van der Waals surface area contributed by atoms with Crippen LogP contribution in [0.1, 0.15) is 24.0 Å². The van der Waals surface area contributed by atoms with Gasteiger partial charge in [0.15, 0.2) is 0 Å². The Kier molecular flexibility index (Phi) is 7.25. The van der Waals surface area contributed by atoms with Crippen LogP contribution in [0.15, 0.2) is 54.6 Å². The number of ether oxygens (including phenoxy) is 1. The van der Waals surface area contributed by atoms with Gasteiger partial charge in [0.1, 0.15) is 0 Å². The van der Waals surface area contributed by atoms with Crippen molar-refractivity contribution in [3.63, 3.8) is 0 Å². The van der Waals surface area contributed by atoms with Crippen LogP contribution in [0, 0.1) is 5.92 Å². The van der Waals surface area contributed by atoms with Crippen molar-refractivity contribution in [1.29, 1.82) is 0 Å². The summed E-state index contributed by atoms with van der Waals surface area (Å²) in [4.78, 5) is 28.8. The molecule has 0 unspecified atom stereocenters. The number of carbonyl (C=O) groups excluding carboxylic acids is 2. The molecule has 1 saturated heterocycles. The van der Waals surface area contributed by atoms with E-state index in [2.05, 4.69) is 5.32 Å². The Bertz CT molecular complexity index is 800. The first-order valence-electron chi connectivity index (χ1n) is 9.99. The third kappa shape index (κ3) is 5.81. The van der Waals surface area contributed by atoms with Gasteiger partial charge in [-0.05, 0) is 36.1 Å². The number of likely N-dealkylation sites (tertiary alicyclic amines) is 1. The molecule has 0 bridgehead atoms. The van der Waals surface area contributed by atoms with Crippen molar-refractivity contribution in [2.75, 3.05) is 32.6 Å². The molecule has 3 amide bonds. The quantitative estimate of drug-likeness (QED) is 0.811. The van der Waals surface area contributed by atoms with E-state index in [9.17, 15) is 9.59 Å². The topological polar surface area (TPSA) is 61.9 Å². The number of urea groups is 1. The van der Waals surface area contributed by atoms with Crippen LogP contribution in [-0.2, 0) is 22.7 Å². The van der Waals surface area contributed by atoms with Crippen LogP contribution in [0.25, 0.3) is 0 Å². The molecule has 1 aliphatic heterocycles. The van der Waals surface area contributed by atoms with Gasteiger partial charge in [0, 0.05) is 45.4 Å². The molecule has 0 aliphatic carbocycles. The first-order chi connectivity index (χ1) is 14.1. The summed E-state index contributed by atoms with van der Waals surface area (Å²) >= 11 is 0. The zero-order valence-corrected chi connectivity index (χ0v) is 17.1. The van der Waals surface area contributed by atoms with Gasteiger partial charge in [-0.2, -0.15) is 0 Å². The zero-order valence-electron chi connectivity index (χ0n) is 17.1. The molecule has 1 fully saturated rings. The van der Waals surface area contributed by atoms with Gasteiger partial charge in [-0.1, -0.05) is 42.5 Å². The molecule has 3 rings (SSSR count). The number of piperidine rings is 1. The second-order valence-electron chi connectivity index (χ2n) is 7.50. The molecular weight excluding hydrogens is 366 g/mol. The number of nitrogens with one attached hydrogen (secondary N) is 1. The summed E-state index contributed by atoms with van der Waals surface area (Å²) in [5.41, 5.74) is 2.96. The van der Waals surface area contributed by atoms with E-state index in [0.29, 0.717) is 39.1 Å². The van der Waals surface area contributed by atoms with Gasteiger partial charge in [0.25, 0.3) is 0 Å². The van der Waals surface area contributed by atoms with Gasteiger partial charge in [-0.3, -0.25) is 4.79 Å². The van der Waals surface area contributed by atoms with Crippen molar-refractivity contribution in [3.8, 4) is 0 Å². The van der Waals surface area contributed by atoms with Crippen molar-refractivity contribution in [2.24, 2.45) is 5.92 Å². The molecule has 6 nitrogen and oxygen atoms in total. The maximum Gasteiger partial charge on any atom is 0.320 e. The number of benzene rings is 2. The number of hydrogen-bond acceptors (Lipinski definition) is 3. The summed E-state index contributed by atoms with van der Waals surface area (Å²) in [5, 5.41) is 2.99. The largest absolute Gasteiger partial charge is 0.380 e. The molecule has 2 aromatic carbocycles. The molecule has 6 heteroatoms. The van der Waals surface area contributed by atoms with E-state index in [1.54, 1.807) is 12.0 Å². The highest BCUT2D eigenvalue weighted by atomic mass is 16.5. The average Bonchev–Trinajstić information content (AvgIpc) is 2.75. The Labute approximate surface area is 172 Å². The Morgan fingerprint density at radius 3 is 2.31 bits per heavy atom. The van der Waals surface area contributed by atoms with E-state index in [1.807, 2.05) is 66.5 Å². The average molecular weight is 396 g/mol. The summed E-state index contributed by atoms with van der Waals surface area (Å²) in [6.07, 6.45) is 1.36. The minimum atomic E-state index is -0.0721. The van der Waals surface area contributed by atoms with Gasteiger partial charge in [0.05, 0.1) is 6.61 Å². The van der Waals surface area contributed by atoms with E-state index in [-0.39, 0.29) is 17.9 Å². The van der Waals surface area contributed by atoms with Gasteiger partial charge >= 0.3 is 6.03 Å². The Morgan fingerprint density at radius 1 is 1.03 bits per heavy atom. The summed E-state index contributed by atoms with van der Waals surface area (Å²) in [6.45, 7) is 2.34. The number of rotatable bonds is 6. The van der Waals surface area contributed by atoms with Gasteiger partial charge in [-0.15, -0.1) is 0 Å². The van der Waals surface area contributed by atoms with E-state index >= 15 is 0 Å². The molecule has 2 aromatic rings. The SMILES string of the molecule is COCc1ccc(NC(=O)C2CCN(C(=O)N(C)Cc3ccccc3)CC2)cc1. The standard InChI is InChI=1S/C23H29N3O3/c1-25(16-18-6-4-3-5-7-18)23(28)26-14-12-20(13-15-26)22(27)24-21-10-8-19(9-11-21)17-29-2/h3-11,20H,12-17H2,1-2H3,(H,24,27). The van der Waals surface area contributed by atoms with Crippen molar-refractivity contribution in [1.82, 2.24) is 9.80 Å². The Morgan fingerprint density at radius 2 is 1.69 bits per heavy atom. The van der Waals surface area contributed by atoms with Crippen LogP contribution in [0.5, 0.6) is 0 Å². The van der Waals surface area contributed by atoms with Gasteiger partial charge in [-0.25, -0.2) is 4.79 Å². The fraction of sp³-hybridized carbons (Fsp3) is 0.391. The van der Waals surface area contributed by atoms with Gasteiger partial charge < -0.3 is 19.9 Å². The molecule has 1 aliphatic rings. The molecule has 0 radical (unpaired) electrons. The minimum absolute atomic E-state index is 0.0152. The van der Waals surface area contributed by atoms with Gasteiger partial charge in [0.2, 0.25) is 5.91 Å². The fourth-order valence-electron chi connectivity index (χ4n) is 3.59. The Balaban J connectivity index is 1.46. The lowest BCUT2D eigenvalue weighted by atomic mass is 9.96. The van der Waals surface area contributed by atoms with Crippen LogP contribution in [-0.4, -0.2) is 49.0 Å². The number of anilines is 1. The molecule has 1 heterocycles. The second kappa shape index (κ2) is 10.1. The smallest absolute Gasteiger partial charge is 0.320 e. The molecule has 154 valence electrons. The molecule has 1 N–H and O–H groups in total. The molecule has 0 saturated carbocycles. The van der Waals surface area contributed by atoms with Crippen molar-refractivity contribution in [2.45, 2.75) is 26.0 Å². The number of amides is 3. The lowest BCUT2D eigenvalue weighted by molar-refractivity contribution is -0.121. The molecule has 0 aromatic heterocycles. The first-order valence-corrected chi connectivity index (χ1v) is 9.99. The number of carbonyl (C=O) groups is 2. The maximum atomic E-state index is 12.7. The van der Waals surface area contributed by atoms with E-state index in [4.69, 9.17) is 4.74 Å². The predicted molar refractivity (Wildman–Crippen MR) is 113 cm³/mol. The minimum Gasteiger partial charge on any atom is -0.380 e. The highest BCUT2D eigenvalue weighted by molar-refractivity contribution is 5.92. The Hall–Kier alpha value is -2.86. The van der Waals surface area contributed by atoms with E-state index < -0.39 is 0 Å². The highest BCUT2D eigenvalue weighted by Gasteiger charge is 2.28. The number of hydrogen-bond donors (Lipinski definition) is 1. The third-order valence-electron chi connectivity index (χ3n) is 5.26. The van der Waals surface area contributed by atoms with Crippen molar-refractivity contribution >= 4 is 17.6 Å².